The molecule has 1 aliphatic rings. The molecule has 1 aliphatic heterocycles. The first kappa shape index (κ1) is 8.35. The first-order valence-corrected chi connectivity index (χ1v) is 4.75. The fraction of sp³-hybridized carbons (Fsp3) is 0.500. The van der Waals surface area contributed by atoms with E-state index >= 15 is 0 Å². The van der Waals surface area contributed by atoms with E-state index in [-0.39, 0.29) is 0 Å². The van der Waals surface area contributed by atoms with Crippen molar-refractivity contribution in [1.82, 2.24) is 5.32 Å². The average molecular weight is 178 g/mol. The lowest BCUT2D eigenvalue weighted by atomic mass is 10.2. The number of aliphatic imine (C=N–C) groups is 1. The monoisotopic (exact) mass is 178 g/mol. The molecular formula is C10H14N2O. The fourth-order valence-electron chi connectivity index (χ4n) is 1.44. The van der Waals surface area contributed by atoms with E-state index in [4.69, 9.17) is 4.42 Å². The molecule has 0 unspecified atom stereocenters. The van der Waals surface area contributed by atoms with Crippen LogP contribution in [0.5, 0.6) is 0 Å². The molecular weight excluding hydrogens is 164 g/mol. The van der Waals surface area contributed by atoms with Crippen LogP contribution in [0.3, 0.4) is 0 Å². The zero-order valence-corrected chi connectivity index (χ0v) is 7.62. The second kappa shape index (κ2) is 4.12. The van der Waals surface area contributed by atoms with E-state index in [1.54, 1.807) is 6.26 Å². The Morgan fingerprint density at radius 3 is 3.15 bits per heavy atom. The summed E-state index contributed by atoms with van der Waals surface area (Å²) in [5.74, 6) is 2.09. The van der Waals surface area contributed by atoms with Gasteiger partial charge < -0.3 is 9.73 Å². The van der Waals surface area contributed by atoms with Crippen LogP contribution < -0.4 is 5.32 Å². The van der Waals surface area contributed by atoms with Gasteiger partial charge in [0.2, 0.25) is 0 Å². The van der Waals surface area contributed by atoms with Crippen molar-refractivity contribution in [1.29, 1.82) is 0 Å². The molecule has 0 atom stereocenters. The lowest BCUT2D eigenvalue weighted by molar-refractivity contribution is 0.501. The van der Waals surface area contributed by atoms with E-state index in [0.717, 1.165) is 31.1 Å². The van der Waals surface area contributed by atoms with Crippen LogP contribution in [0.4, 0.5) is 0 Å². The molecule has 0 bridgehead atoms. The molecule has 0 radical (unpaired) electrons. The Kier molecular flexibility index (Phi) is 2.65. The molecule has 2 rings (SSSR count). The van der Waals surface area contributed by atoms with Crippen LogP contribution >= 0.6 is 0 Å². The molecule has 3 heteroatoms. The summed E-state index contributed by atoms with van der Waals surface area (Å²) in [7, 11) is 0. The van der Waals surface area contributed by atoms with Gasteiger partial charge in [0, 0.05) is 13.0 Å². The fourth-order valence-corrected chi connectivity index (χ4v) is 1.44. The van der Waals surface area contributed by atoms with Crippen LogP contribution in [0.2, 0.25) is 0 Å². The van der Waals surface area contributed by atoms with Crippen molar-refractivity contribution in [3.63, 3.8) is 0 Å². The SMILES string of the molecule is c1coc(CNC2=NCCCC2)c1. The van der Waals surface area contributed by atoms with Crippen molar-refractivity contribution in [2.75, 3.05) is 6.54 Å². The number of amidine groups is 1. The largest absolute Gasteiger partial charge is 0.467 e. The van der Waals surface area contributed by atoms with E-state index in [2.05, 4.69) is 10.3 Å². The van der Waals surface area contributed by atoms with Crippen molar-refractivity contribution in [2.45, 2.75) is 25.8 Å². The molecule has 13 heavy (non-hydrogen) atoms. The maximum atomic E-state index is 5.21. The number of hydrogen-bond acceptors (Lipinski definition) is 3. The first-order chi connectivity index (χ1) is 6.45. The number of rotatable bonds is 2. The van der Waals surface area contributed by atoms with Crippen molar-refractivity contribution in [3.8, 4) is 0 Å². The maximum Gasteiger partial charge on any atom is 0.122 e. The first-order valence-electron chi connectivity index (χ1n) is 4.75. The van der Waals surface area contributed by atoms with Gasteiger partial charge in [-0.15, -0.1) is 0 Å². The van der Waals surface area contributed by atoms with Crippen LogP contribution in [0.25, 0.3) is 0 Å². The van der Waals surface area contributed by atoms with E-state index < -0.39 is 0 Å². The number of hydrogen-bond donors (Lipinski definition) is 1. The average Bonchev–Trinajstić information content (AvgIpc) is 2.69. The second-order valence-corrected chi connectivity index (χ2v) is 3.22. The number of nitrogens with one attached hydrogen (secondary N) is 1. The van der Waals surface area contributed by atoms with Gasteiger partial charge in [-0.1, -0.05) is 0 Å². The predicted octanol–water partition coefficient (Wildman–Crippen LogP) is 1.95. The van der Waals surface area contributed by atoms with Gasteiger partial charge in [-0.3, -0.25) is 4.99 Å². The minimum atomic E-state index is 0.756. The molecule has 0 amide bonds. The highest BCUT2D eigenvalue weighted by Crippen LogP contribution is 2.05. The third kappa shape index (κ3) is 2.34. The van der Waals surface area contributed by atoms with Crippen molar-refractivity contribution in [3.05, 3.63) is 24.2 Å². The smallest absolute Gasteiger partial charge is 0.122 e. The van der Waals surface area contributed by atoms with Crippen LogP contribution in [0, 0.1) is 0 Å². The minimum Gasteiger partial charge on any atom is -0.467 e. The summed E-state index contributed by atoms with van der Waals surface area (Å²) in [6, 6.07) is 3.87. The van der Waals surface area contributed by atoms with Crippen molar-refractivity contribution < 1.29 is 4.42 Å². The van der Waals surface area contributed by atoms with Gasteiger partial charge >= 0.3 is 0 Å². The summed E-state index contributed by atoms with van der Waals surface area (Å²) in [4.78, 5) is 4.39. The minimum absolute atomic E-state index is 0.756. The molecule has 3 nitrogen and oxygen atoms in total. The van der Waals surface area contributed by atoms with E-state index in [1.807, 2.05) is 12.1 Å². The summed E-state index contributed by atoms with van der Waals surface area (Å²) in [5.41, 5.74) is 0. The highest BCUT2D eigenvalue weighted by molar-refractivity contribution is 5.82. The molecule has 0 fully saturated rings. The normalized spacial score (nSPS) is 16.8. The molecule has 0 saturated carbocycles. The lowest BCUT2D eigenvalue weighted by Crippen LogP contribution is -2.25. The van der Waals surface area contributed by atoms with E-state index in [1.165, 1.54) is 12.8 Å². The third-order valence-electron chi connectivity index (χ3n) is 2.17. The molecule has 0 aliphatic carbocycles. The topological polar surface area (TPSA) is 37.5 Å². The summed E-state index contributed by atoms with van der Waals surface area (Å²) < 4.78 is 5.21. The Morgan fingerprint density at radius 2 is 2.46 bits per heavy atom. The van der Waals surface area contributed by atoms with Crippen LogP contribution in [-0.2, 0) is 6.54 Å². The summed E-state index contributed by atoms with van der Waals surface area (Å²) in [6.07, 6.45) is 5.26. The van der Waals surface area contributed by atoms with Crippen LogP contribution in [0.1, 0.15) is 25.0 Å². The Balaban J connectivity index is 1.82. The highest BCUT2D eigenvalue weighted by atomic mass is 16.3. The maximum absolute atomic E-state index is 5.21. The summed E-state index contributed by atoms with van der Waals surface area (Å²) in [6.45, 7) is 1.73. The zero-order valence-electron chi connectivity index (χ0n) is 7.62. The van der Waals surface area contributed by atoms with Gasteiger partial charge in [0.25, 0.3) is 0 Å². The zero-order chi connectivity index (χ0) is 8.93. The van der Waals surface area contributed by atoms with Gasteiger partial charge in [-0.2, -0.15) is 0 Å². The Morgan fingerprint density at radius 1 is 1.46 bits per heavy atom. The summed E-state index contributed by atoms with van der Waals surface area (Å²) >= 11 is 0. The molecule has 2 heterocycles. The molecule has 0 aromatic carbocycles. The van der Waals surface area contributed by atoms with Gasteiger partial charge in [0.15, 0.2) is 0 Å². The molecule has 70 valence electrons. The third-order valence-corrected chi connectivity index (χ3v) is 2.17. The molecule has 1 N–H and O–H groups in total. The molecule has 0 saturated heterocycles. The van der Waals surface area contributed by atoms with Crippen LogP contribution in [-0.4, -0.2) is 12.4 Å². The number of furan rings is 1. The quantitative estimate of drug-likeness (QED) is 0.751. The van der Waals surface area contributed by atoms with E-state index in [0.29, 0.717) is 0 Å². The molecule has 0 spiro atoms. The van der Waals surface area contributed by atoms with Gasteiger partial charge in [0.05, 0.1) is 18.6 Å². The Labute approximate surface area is 77.9 Å². The molecule has 1 aromatic rings. The van der Waals surface area contributed by atoms with Gasteiger partial charge in [-0.05, 0) is 25.0 Å². The predicted molar refractivity (Wildman–Crippen MR) is 51.7 cm³/mol. The Bertz CT molecular complexity index is 277. The number of nitrogens with zero attached hydrogens (tertiary/aromatic N) is 1. The Hall–Kier alpha value is -1.25. The van der Waals surface area contributed by atoms with Gasteiger partial charge in [0.1, 0.15) is 5.76 Å². The van der Waals surface area contributed by atoms with Crippen molar-refractivity contribution in [2.24, 2.45) is 4.99 Å². The second-order valence-electron chi connectivity index (χ2n) is 3.22. The van der Waals surface area contributed by atoms with Gasteiger partial charge in [-0.25, -0.2) is 0 Å². The van der Waals surface area contributed by atoms with Crippen molar-refractivity contribution >= 4 is 5.84 Å². The molecule has 1 aromatic heterocycles. The standard InChI is InChI=1S/C10H14N2O/c1-2-6-11-10(5-1)12-8-9-4-3-7-13-9/h3-4,7H,1-2,5-6,8H2,(H,11,12). The van der Waals surface area contributed by atoms with E-state index in [9.17, 15) is 0 Å². The lowest BCUT2D eigenvalue weighted by Gasteiger charge is -2.12. The van der Waals surface area contributed by atoms with Crippen LogP contribution in [0.15, 0.2) is 27.8 Å². The summed E-state index contributed by atoms with van der Waals surface area (Å²) in [5, 5.41) is 3.28. The highest BCUT2D eigenvalue weighted by Gasteiger charge is 2.04.